The van der Waals surface area contributed by atoms with Crippen LogP contribution in [0.3, 0.4) is 0 Å². The summed E-state index contributed by atoms with van der Waals surface area (Å²) in [6.45, 7) is 3.92. The number of hydrogen-bond donors (Lipinski definition) is 0. The third-order valence-electron chi connectivity index (χ3n) is 4.00. The van der Waals surface area contributed by atoms with Crippen molar-refractivity contribution in [2.75, 3.05) is 0 Å². The van der Waals surface area contributed by atoms with E-state index in [9.17, 15) is 4.79 Å². The molecule has 3 rings (SSSR count). The number of aryl methyl sites for hydroxylation is 1. The number of benzene rings is 2. The largest absolute Gasteiger partial charge is 0.305 e. The van der Waals surface area contributed by atoms with Crippen LogP contribution in [0, 0.1) is 6.92 Å². The number of carbonyl (C=O) groups excluding carboxylic acids is 1. The number of rotatable bonds is 5. The molecule has 0 saturated heterocycles. The summed E-state index contributed by atoms with van der Waals surface area (Å²) in [6, 6.07) is 15.0. The molecule has 1 aromatic heterocycles. The molecule has 0 unspecified atom stereocenters. The molecule has 25 heavy (non-hydrogen) atoms. The number of aromatic nitrogens is 3. The van der Waals surface area contributed by atoms with E-state index in [0.29, 0.717) is 15.7 Å². The highest BCUT2D eigenvalue weighted by molar-refractivity contribution is 8.00. The van der Waals surface area contributed by atoms with Crippen LogP contribution in [0.4, 0.5) is 0 Å². The first-order chi connectivity index (χ1) is 12.0. The van der Waals surface area contributed by atoms with Crippen molar-refractivity contribution in [1.29, 1.82) is 0 Å². The second-order valence-corrected chi connectivity index (χ2v) is 7.56. The van der Waals surface area contributed by atoms with E-state index in [0.717, 1.165) is 17.0 Å². The van der Waals surface area contributed by atoms with Crippen LogP contribution in [-0.2, 0) is 7.05 Å². The molecule has 0 aliphatic rings. The maximum Gasteiger partial charge on any atom is 0.191 e. The zero-order chi connectivity index (χ0) is 18.0. The quantitative estimate of drug-likeness (QED) is 0.477. The summed E-state index contributed by atoms with van der Waals surface area (Å²) < 4.78 is 1.93. The fourth-order valence-corrected chi connectivity index (χ4v) is 3.55. The van der Waals surface area contributed by atoms with E-state index in [2.05, 4.69) is 10.2 Å². The summed E-state index contributed by atoms with van der Waals surface area (Å²) in [4.78, 5) is 12.6. The Morgan fingerprint density at radius 1 is 1.12 bits per heavy atom. The predicted octanol–water partition coefficient (Wildman–Crippen LogP) is 4.81. The minimum atomic E-state index is -0.270. The SMILES string of the molecule is Cc1ccccc1-c1nnc(S[C@@H](C)C(=O)c2ccc(Cl)cc2)n1C. The number of thioether (sulfide) groups is 1. The van der Waals surface area contributed by atoms with Gasteiger partial charge in [0.05, 0.1) is 5.25 Å². The molecule has 0 amide bonds. The number of Topliss-reactive ketones (excluding diaryl/α,β-unsaturated/α-hetero) is 1. The second kappa shape index (κ2) is 7.42. The van der Waals surface area contributed by atoms with Gasteiger partial charge in [0.1, 0.15) is 0 Å². The van der Waals surface area contributed by atoms with Gasteiger partial charge in [0.25, 0.3) is 0 Å². The van der Waals surface area contributed by atoms with Crippen LogP contribution in [0.2, 0.25) is 5.02 Å². The molecule has 0 aliphatic carbocycles. The highest BCUT2D eigenvalue weighted by Gasteiger charge is 2.21. The van der Waals surface area contributed by atoms with Gasteiger partial charge in [0.15, 0.2) is 16.8 Å². The highest BCUT2D eigenvalue weighted by Crippen LogP contribution is 2.28. The first-order valence-corrected chi connectivity index (χ1v) is 9.15. The molecule has 1 heterocycles. The molecule has 0 N–H and O–H groups in total. The number of ketones is 1. The Morgan fingerprint density at radius 3 is 2.48 bits per heavy atom. The molecule has 1 atom stereocenters. The van der Waals surface area contributed by atoms with Gasteiger partial charge < -0.3 is 4.57 Å². The Balaban J connectivity index is 1.81. The van der Waals surface area contributed by atoms with Gasteiger partial charge in [-0.15, -0.1) is 10.2 Å². The van der Waals surface area contributed by atoms with Gasteiger partial charge in [0.2, 0.25) is 0 Å². The normalized spacial score (nSPS) is 12.2. The number of nitrogens with zero attached hydrogens (tertiary/aromatic N) is 3. The van der Waals surface area contributed by atoms with Gasteiger partial charge in [-0.05, 0) is 43.7 Å². The fraction of sp³-hybridized carbons (Fsp3) is 0.211. The zero-order valence-electron chi connectivity index (χ0n) is 14.2. The molecule has 0 fully saturated rings. The molecule has 6 heteroatoms. The van der Waals surface area contributed by atoms with Crippen molar-refractivity contribution in [2.45, 2.75) is 24.3 Å². The summed E-state index contributed by atoms with van der Waals surface area (Å²) >= 11 is 7.29. The molecule has 2 aromatic carbocycles. The van der Waals surface area contributed by atoms with Gasteiger partial charge in [-0.1, -0.05) is 47.6 Å². The lowest BCUT2D eigenvalue weighted by Crippen LogP contribution is -2.14. The van der Waals surface area contributed by atoms with Crippen LogP contribution < -0.4 is 0 Å². The lowest BCUT2D eigenvalue weighted by atomic mass is 10.1. The maximum absolute atomic E-state index is 12.6. The average molecular weight is 372 g/mol. The van der Waals surface area contributed by atoms with E-state index in [4.69, 9.17) is 11.6 Å². The molecule has 0 saturated carbocycles. The maximum atomic E-state index is 12.6. The Kier molecular flexibility index (Phi) is 5.25. The molecule has 0 aliphatic heterocycles. The zero-order valence-corrected chi connectivity index (χ0v) is 15.8. The van der Waals surface area contributed by atoms with Gasteiger partial charge >= 0.3 is 0 Å². The molecular formula is C19H18ClN3OS. The fourth-order valence-electron chi connectivity index (χ4n) is 2.54. The van der Waals surface area contributed by atoms with Gasteiger partial charge in [-0.2, -0.15) is 0 Å². The van der Waals surface area contributed by atoms with Crippen LogP contribution in [0.15, 0.2) is 53.7 Å². The summed E-state index contributed by atoms with van der Waals surface area (Å²) in [5, 5.41) is 9.64. The van der Waals surface area contributed by atoms with Crippen LogP contribution in [-0.4, -0.2) is 25.8 Å². The first-order valence-electron chi connectivity index (χ1n) is 7.89. The lowest BCUT2D eigenvalue weighted by molar-refractivity contribution is 0.0994. The third kappa shape index (κ3) is 3.78. The predicted molar refractivity (Wildman–Crippen MR) is 102 cm³/mol. The molecule has 0 spiro atoms. The van der Waals surface area contributed by atoms with Crippen molar-refractivity contribution in [3.05, 3.63) is 64.7 Å². The Morgan fingerprint density at radius 2 is 1.80 bits per heavy atom. The Hall–Kier alpha value is -2.11. The summed E-state index contributed by atoms with van der Waals surface area (Å²) in [6.07, 6.45) is 0. The van der Waals surface area contributed by atoms with E-state index in [1.54, 1.807) is 24.3 Å². The van der Waals surface area contributed by atoms with Crippen LogP contribution >= 0.6 is 23.4 Å². The van der Waals surface area contributed by atoms with Gasteiger partial charge in [-0.3, -0.25) is 4.79 Å². The van der Waals surface area contributed by atoms with Crippen LogP contribution in [0.1, 0.15) is 22.8 Å². The van der Waals surface area contributed by atoms with E-state index >= 15 is 0 Å². The average Bonchev–Trinajstić information content (AvgIpc) is 2.96. The Bertz CT molecular complexity index is 905. The van der Waals surface area contributed by atoms with Crippen LogP contribution in [0.5, 0.6) is 0 Å². The topological polar surface area (TPSA) is 47.8 Å². The van der Waals surface area contributed by atoms with Crippen LogP contribution in [0.25, 0.3) is 11.4 Å². The monoisotopic (exact) mass is 371 g/mol. The van der Waals surface area contributed by atoms with E-state index in [1.807, 2.05) is 49.7 Å². The standard InChI is InChI=1S/C19H18ClN3OS/c1-12-6-4-5-7-16(12)18-21-22-19(23(18)3)25-13(2)17(24)14-8-10-15(20)11-9-14/h4-11,13H,1-3H3/t13-/m0/s1. The van der Waals surface area contributed by atoms with E-state index < -0.39 is 0 Å². The van der Waals surface area contributed by atoms with Crippen molar-refractivity contribution in [3.8, 4) is 11.4 Å². The van der Waals surface area contributed by atoms with Crippen molar-refractivity contribution >= 4 is 29.1 Å². The van der Waals surface area contributed by atoms with Crippen molar-refractivity contribution in [1.82, 2.24) is 14.8 Å². The first kappa shape index (κ1) is 17.7. The van der Waals surface area contributed by atoms with E-state index in [1.165, 1.54) is 11.8 Å². The molecule has 0 bridgehead atoms. The van der Waals surface area contributed by atoms with Crippen molar-refractivity contribution in [3.63, 3.8) is 0 Å². The summed E-state index contributed by atoms with van der Waals surface area (Å²) in [5.74, 6) is 0.842. The number of carbonyl (C=O) groups is 1. The Labute approximate surface area is 156 Å². The number of halogens is 1. The second-order valence-electron chi connectivity index (χ2n) is 5.81. The lowest BCUT2D eigenvalue weighted by Gasteiger charge is -2.10. The van der Waals surface area contributed by atoms with Gasteiger partial charge in [-0.25, -0.2) is 0 Å². The minimum Gasteiger partial charge on any atom is -0.305 e. The van der Waals surface area contributed by atoms with Gasteiger partial charge in [0, 0.05) is 23.2 Å². The molecule has 4 nitrogen and oxygen atoms in total. The minimum absolute atomic E-state index is 0.0436. The van der Waals surface area contributed by atoms with Crippen molar-refractivity contribution < 1.29 is 4.79 Å². The molecule has 3 aromatic rings. The third-order valence-corrected chi connectivity index (χ3v) is 5.39. The smallest absolute Gasteiger partial charge is 0.191 e. The summed E-state index contributed by atoms with van der Waals surface area (Å²) in [7, 11) is 1.92. The van der Waals surface area contributed by atoms with Crippen molar-refractivity contribution in [2.24, 2.45) is 7.05 Å². The molecular weight excluding hydrogens is 354 g/mol. The molecule has 0 radical (unpaired) electrons. The summed E-state index contributed by atoms with van der Waals surface area (Å²) in [5.41, 5.74) is 2.83. The highest BCUT2D eigenvalue weighted by atomic mass is 35.5. The molecule has 128 valence electrons. The number of hydrogen-bond acceptors (Lipinski definition) is 4. The van der Waals surface area contributed by atoms with E-state index in [-0.39, 0.29) is 11.0 Å².